The highest BCUT2D eigenvalue weighted by atomic mass is 127. The summed E-state index contributed by atoms with van der Waals surface area (Å²) < 4.78 is 5.09. The van der Waals surface area contributed by atoms with Gasteiger partial charge in [-0.2, -0.15) is 0 Å². The van der Waals surface area contributed by atoms with Gasteiger partial charge in [0, 0.05) is 50.8 Å². The second-order valence-corrected chi connectivity index (χ2v) is 7.21. The summed E-state index contributed by atoms with van der Waals surface area (Å²) in [5.41, 5.74) is 2.16. The largest absolute Gasteiger partial charge is 0.385 e. The molecule has 0 aliphatic heterocycles. The number of aliphatic imine (C=N–C) groups is 1. The molecule has 0 unspecified atom stereocenters. The average molecular weight is 517 g/mol. The topological polar surface area (TPSA) is 61.8 Å². The van der Waals surface area contributed by atoms with Gasteiger partial charge in [0.25, 0.3) is 0 Å². The van der Waals surface area contributed by atoms with Crippen molar-refractivity contribution < 1.29 is 4.74 Å². The number of guanidine groups is 1. The smallest absolute Gasteiger partial charge is 0.191 e. The van der Waals surface area contributed by atoms with E-state index in [1.54, 1.807) is 18.4 Å². The van der Waals surface area contributed by atoms with Crippen LogP contribution in [0.15, 0.2) is 40.7 Å². The first-order valence-electron chi connectivity index (χ1n) is 9.42. The van der Waals surface area contributed by atoms with Crippen LogP contribution in [0.5, 0.6) is 0 Å². The van der Waals surface area contributed by atoms with Gasteiger partial charge in [-0.15, -0.1) is 35.3 Å². The first kappa shape index (κ1) is 24.8. The minimum Gasteiger partial charge on any atom is -0.385 e. The molecule has 28 heavy (non-hydrogen) atoms. The summed E-state index contributed by atoms with van der Waals surface area (Å²) in [5.74, 6) is 0.833. The molecule has 0 aliphatic rings. The normalized spacial score (nSPS) is 11.4. The van der Waals surface area contributed by atoms with E-state index in [0.29, 0.717) is 6.54 Å². The third-order valence-corrected chi connectivity index (χ3v) is 4.85. The first-order valence-corrected chi connectivity index (χ1v) is 10.3. The van der Waals surface area contributed by atoms with Gasteiger partial charge in [-0.05, 0) is 20.4 Å². The van der Waals surface area contributed by atoms with Crippen LogP contribution in [0.1, 0.15) is 18.4 Å². The van der Waals surface area contributed by atoms with E-state index in [4.69, 9.17) is 9.72 Å². The van der Waals surface area contributed by atoms with Crippen LogP contribution in [-0.4, -0.2) is 62.8 Å². The molecule has 156 valence electrons. The molecule has 2 aromatic rings. The molecule has 0 amide bonds. The maximum Gasteiger partial charge on any atom is 0.191 e. The van der Waals surface area contributed by atoms with Gasteiger partial charge < -0.3 is 20.3 Å². The maximum absolute atomic E-state index is 5.09. The molecule has 2 rings (SSSR count). The van der Waals surface area contributed by atoms with E-state index in [1.165, 1.54) is 0 Å². The van der Waals surface area contributed by atoms with E-state index in [0.717, 1.165) is 61.4 Å². The molecule has 0 fully saturated rings. The molecule has 0 aliphatic carbocycles. The lowest BCUT2D eigenvalue weighted by Crippen LogP contribution is -2.41. The van der Waals surface area contributed by atoms with Crippen LogP contribution in [0, 0.1) is 0 Å². The SMILES string of the molecule is CCNC(=NCc1nc(-c2ccccc2)cs1)NCCN(C)CCCOC.I. The second-order valence-electron chi connectivity index (χ2n) is 6.26. The van der Waals surface area contributed by atoms with Crippen LogP contribution < -0.4 is 10.6 Å². The van der Waals surface area contributed by atoms with Crippen LogP contribution in [0.2, 0.25) is 0 Å². The van der Waals surface area contributed by atoms with Crippen molar-refractivity contribution in [2.24, 2.45) is 4.99 Å². The number of hydrogen-bond donors (Lipinski definition) is 2. The van der Waals surface area contributed by atoms with Gasteiger partial charge in [0.05, 0.1) is 12.2 Å². The highest BCUT2D eigenvalue weighted by Crippen LogP contribution is 2.21. The predicted molar refractivity (Wildman–Crippen MR) is 130 cm³/mol. The van der Waals surface area contributed by atoms with Crippen molar-refractivity contribution in [1.29, 1.82) is 0 Å². The Labute approximate surface area is 189 Å². The van der Waals surface area contributed by atoms with E-state index >= 15 is 0 Å². The van der Waals surface area contributed by atoms with Crippen molar-refractivity contribution in [3.05, 3.63) is 40.7 Å². The van der Waals surface area contributed by atoms with Crippen LogP contribution in [0.25, 0.3) is 11.3 Å². The van der Waals surface area contributed by atoms with Gasteiger partial charge in [-0.25, -0.2) is 9.98 Å². The molecule has 8 heteroatoms. The highest BCUT2D eigenvalue weighted by Gasteiger charge is 2.05. The summed E-state index contributed by atoms with van der Waals surface area (Å²) in [5, 5.41) is 9.80. The average Bonchev–Trinajstić information content (AvgIpc) is 3.16. The Hall–Kier alpha value is -1.23. The Bertz CT molecular complexity index is 680. The van der Waals surface area contributed by atoms with Crippen LogP contribution in [0.4, 0.5) is 0 Å². The summed E-state index contributed by atoms with van der Waals surface area (Å²) >= 11 is 1.65. The number of nitrogens with zero attached hydrogens (tertiary/aromatic N) is 3. The third-order valence-electron chi connectivity index (χ3n) is 4.01. The molecule has 0 saturated carbocycles. The van der Waals surface area contributed by atoms with Gasteiger partial charge in [-0.1, -0.05) is 30.3 Å². The third kappa shape index (κ3) is 9.31. The zero-order valence-corrected chi connectivity index (χ0v) is 20.1. The molecule has 0 radical (unpaired) electrons. The Balaban J connectivity index is 0.00000392. The van der Waals surface area contributed by atoms with Gasteiger partial charge in [0.15, 0.2) is 5.96 Å². The minimum absolute atomic E-state index is 0. The first-order chi connectivity index (χ1) is 13.2. The van der Waals surface area contributed by atoms with Gasteiger partial charge in [0.1, 0.15) is 5.01 Å². The number of ether oxygens (including phenoxy) is 1. The fraction of sp³-hybridized carbons (Fsp3) is 0.500. The summed E-state index contributed by atoms with van der Waals surface area (Å²) in [6, 6.07) is 10.2. The minimum atomic E-state index is 0. The Kier molecular flexibility index (Phi) is 13.0. The lowest BCUT2D eigenvalue weighted by atomic mass is 10.2. The molecule has 0 bridgehead atoms. The standard InChI is InChI=1S/C20H31N5OS.HI/c1-4-21-20(22-11-13-25(2)12-8-14-26-3)23-15-19-24-18(16-27-19)17-9-6-5-7-10-17;/h5-7,9-10,16H,4,8,11-15H2,1-3H3,(H2,21,22,23);1H. The van der Waals surface area contributed by atoms with Gasteiger partial charge in [-0.3, -0.25) is 0 Å². The van der Waals surface area contributed by atoms with E-state index < -0.39 is 0 Å². The van der Waals surface area contributed by atoms with E-state index in [1.807, 2.05) is 18.2 Å². The zero-order chi connectivity index (χ0) is 19.3. The highest BCUT2D eigenvalue weighted by molar-refractivity contribution is 14.0. The van der Waals surface area contributed by atoms with E-state index in [9.17, 15) is 0 Å². The van der Waals surface area contributed by atoms with Crippen molar-refractivity contribution in [3.63, 3.8) is 0 Å². The number of hydrogen-bond acceptors (Lipinski definition) is 5. The Morgan fingerprint density at radius 2 is 2.00 bits per heavy atom. The monoisotopic (exact) mass is 517 g/mol. The number of likely N-dealkylation sites (N-methyl/N-ethyl adjacent to an activating group) is 1. The molecule has 1 heterocycles. The van der Waals surface area contributed by atoms with Gasteiger partial charge in [0.2, 0.25) is 0 Å². The summed E-state index contributed by atoms with van der Waals surface area (Å²) in [6.07, 6.45) is 1.05. The molecule has 1 aromatic carbocycles. The van der Waals surface area contributed by atoms with E-state index in [2.05, 4.69) is 52.0 Å². The number of nitrogens with one attached hydrogen (secondary N) is 2. The number of aromatic nitrogens is 1. The number of thiazole rings is 1. The molecular formula is C20H32IN5OS. The second kappa shape index (κ2) is 14.7. The van der Waals surface area contributed by atoms with E-state index in [-0.39, 0.29) is 24.0 Å². The molecule has 0 atom stereocenters. The summed E-state index contributed by atoms with van der Waals surface area (Å²) in [6.45, 7) is 7.14. The number of benzene rings is 1. The van der Waals surface area contributed by atoms with Crippen LogP contribution in [0.3, 0.4) is 0 Å². The lowest BCUT2D eigenvalue weighted by molar-refractivity contribution is 0.180. The number of methoxy groups -OCH3 is 1. The van der Waals surface area contributed by atoms with Crippen LogP contribution in [-0.2, 0) is 11.3 Å². The quantitative estimate of drug-likeness (QED) is 0.207. The van der Waals surface area contributed by atoms with Crippen molar-refractivity contribution in [2.75, 3.05) is 46.9 Å². The number of halogens is 1. The maximum atomic E-state index is 5.09. The molecule has 0 saturated heterocycles. The Morgan fingerprint density at radius 3 is 2.71 bits per heavy atom. The fourth-order valence-corrected chi connectivity index (χ4v) is 3.30. The van der Waals surface area contributed by atoms with Gasteiger partial charge >= 0.3 is 0 Å². The van der Waals surface area contributed by atoms with Crippen molar-refractivity contribution in [2.45, 2.75) is 19.9 Å². The molecule has 0 spiro atoms. The van der Waals surface area contributed by atoms with Crippen molar-refractivity contribution in [1.82, 2.24) is 20.5 Å². The molecule has 6 nitrogen and oxygen atoms in total. The van der Waals surface area contributed by atoms with Crippen molar-refractivity contribution in [3.8, 4) is 11.3 Å². The van der Waals surface area contributed by atoms with Crippen LogP contribution >= 0.6 is 35.3 Å². The molecular weight excluding hydrogens is 485 g/mol. The summed E-state index contributed by atoms with van der Waals surface area (Å²) in [4.78, 5) is 11.7. The predicted octanol–water partition coefficient (Wildman–Crippen LogP) is 3.45. The zero-order valence-electron chi connectivity index (χ0n) is 17.0. The summed E-state index contributed by atoms with van der Waals surface area (Å²) in [7, 11) is 3.87. The fourth-order valence-electron chi connectivity index (χ4n) is 2.57. The number of rotatable bonds is 11. The lowest BCUT2D eigenvalue weighted by Gasteiger charge is -2.18. The molecule has 1 aromatic heterocycles. The molecule has 2 N–H and O–H groups in total. The van der Waals surface area contributed by atoms with Crippen molar-refractivity contribution >= 4 is 41.3 Å². The Morgan fingerprint density at radius 1 is 1.21 bits per heavy atom.